The number of anilines is 2. The Balaban J connectivity index is 2.26. The van der Waals surface area contributed by atoms with Crippen molar-refractivity contribution in [2.75, 3.05) is 17.2 Å². The Morgan fingerprint density at radius 3 is 3.00 bits per heavy atom. The predicted molar refractivity (Wildman–Crippen MR) is 68.9 cm³/mol. The molecule has 88 valence electrons. The second-order valence-corrected chi connectivity index (χ2v) is 4.72. The SMILES string of the molecule is CCC1CCCCN1c1cc(N)cc(Cl)n1. The lowest BCUT2D eigenvalue weighted by molar-refractivity contribution is 0.447. The van der Waals surface area contributed by atoms with Crippen LogP contribution in [0.15, 0.2) is 12.1 Å². The van der Waals surface area contributed by atoms with Crippen LogP contribution in [0.5, 0.6) is 0 Å². The van der Waals surface area contributed by atoms with Crippen molar-refractivity contribution in [3.8, 4) is 0 Å². The Morgan fingerprint density at radius 2 is 2.31 bits per heavy atom. The highest BCUT2D eigenvalue weighted by Crippen LogP contribution is 2.27. The van der Waals surface area contributed by atoms with E-state index in [9.17, 15) is 0 Å². The molecule has 1 aliphatic heterocycles. The molecule has 1 atom stereocenters. The molecule has 2 heterocycles. The molecule has 0 amide bonds. The largest absolute Gasteiger partial charge is 0.399 e. The Hall–Kier alpha value is -0.960. The molecular formula is C12H18ClN3. The van der Waals surface area contributed by atoms with Gasteiger partial charge in [0.05, 0.1) is 0 Å². The molecule has 0 spiro atoms. The monoisotopic (exact) mass is 239 g/mol. The smallest absolute Gasteiger partial charge is 0.133 e. The van der Waals surface area contributed by atoms with Crippen molar-refractivity contribution < 1.29 is 0 Å². The van der Waals surface area contributed by atoms with Gasteiger partial charge in [0, 0.05) is 24.3 Å². The first-order valence-electron chi connectivity index (χ1n) is 5.90. The van der Waals surface area contributed by atoms with E-state index < -0.39 is 0 Å². The fourth-order valence-electron chi connectivity index (χ4n) is 2.38. The molecule has 1 aromatic rings. The number of nitrogens with zero attached hydrogens (tertiary/aromatic N) is 2. The van der Waals surface area contributed by atoms with Crippen LogP contribution in [-0.2, 0) is 0 Å². The van der Waals surface area contributed by atoms with Gasteiger partial charge in [-0.1, -0.05) is 18.5 Å². The first-order valence-corrected chi connectivity index (χ1v) is 6.28. The third-order valence-electron chi connectivity index (χ3n) is 3.20. The van der Waals surface area contributed by atoms with Crippen LogP contribution in [0.3, 0.4) is 0 Å². The minimum atomic E-state index is 0.482. The lowest BCUT2D eigenvalue weighted by atomic mass is 10.00. The summed E-state index contributed by atoms with van der Waals surface area (Å²) in [5, 5.41) is 0.482. The highest BCUT2D eigenvalue weighted by molar-refractivity contribution is 6.29. The van der Waals surface area contributed by atoms with Gasteiger partial charge in [0.1, 0.15) is 11.0 Å². The molecule has 1 fully saturated rings. The van der Waals surface area contributed by atoms with Gasteiger partial charge in [0.15, 0.2) is 0 Å². The third-order valence-corrected chi connectivity index (χ3v) is 3.39. The van der Waals surface area contributed by atoms with Crippen LogP contribution in [-0.4, -0.2) is 17.6 Å². The van der Waals surface area contributed by atoms with E-state index >= 15 is 0 Å². The number of halogens is 1. The summed E-state index contributed by atoms with van der Waals surface area (Å²) in [6.07, 6.45) is 4.92. The van der Waals surface area contributed by atoms with Crippen LogP contribution < -0.4 is 10.6 Å². The highest BCUT2D eigenvalue weighted by atomic mass is 35.5. The Bertz CT molecular complexity index is 347. The highest BCUT2D eigenvalue weighted by Gasteiger charge is 2.22. The molecule has 0 radical (unpaired) electrons. The topological polar surface area (TPSA) is 42.1 Å². The van der Waals surface area contributed by atoms with Gasteiger partial charge in [-0.05, 0) is 31.7 Å². The van der Waals surface area contributed by atoms with E-state index in [4.69, 9.17) is 17.3 Å². The van der Waals surface area contributed by atoms with Gasteiger partial charge in [0.25, 0.3) is 0 Å². The van der Waals surface area contributed by atoms with Gasteiger partial charge in [-0.2, -0.15) is 0 Å². The second kappa shape index (κ2) is 4.91. The van der Waals surface area contributed by atoms with E-state index in [0.29, 0.717) is 16.9 Å². The third kappa shape index (κ3) is 2.40. The Morgan fingerprint density at radius 1 is 1.50 bits per heavy atom. The molecule has 16 heavy (non-hydrogen) atoms. The lowest BCUT2D eigenvalue weighted by Gasteiger charge is -2.36. The van der Waals surface area contributed by atoms with Crippen LogP contribution >= 0.6 is 11.6 Å². The summed E-state index contributed by atoms with van der Waals surface area (Å²) < 4.78 is 0. The number of pyridine rings is 1. The van der Waals surface area contributed by atoms with Crippen molar-refractivity contribution in [2.24, 2.45) is 0 Å². The normalized spacial score (nSPS) is 21.1. The maximum atomic E-state index is 5.94. The quantitative estimate of drug-likeness (QED) is 0.807. The van der Waals surface area contributed by atoms with Crippen molar-refractivity contribution in [1.82, 2.24) is 4.98 Å². The van der Waals surface area contributed by atoms with Crippen molar-refractivity contribution in [3.63, 3.8) is 0 Å². The maximum absolute atomic E-state index is 5.94. The molecular weight excluding hydrogens is 222 g/mol. The number of aromatic nitrogens is 1. The fraction of sp³-hybridized carbons (Fsp3) is 0.583. The first-order chi connectivity index (χ1) is 7.70. The summed E-state index contributed by atoms with van der Waals surface area (Å²) in [7, 11) is 0. The van der Waals surface area contributed by atoms with Crippen molar-refractivity contribution in [3.05, 3.63) is 17.3 Å². The lowest BCUT2D eigenvalue weighted by Crippen LogP contribution is -2.39. The van der Waals surface area contributed by atoms with Gasteiger partial charge in [-0.15, -0.1) is 0 Å². The molecule has 0 aliphatic carbocycles. The molecule has 0 bridgehead atoms. The van der Waals surface area contributed by atoms with Gasteiger partial charge in [-0.3, -0.25) is 0 Å². The Kier molecular flexibility index (Phi) is 3.54. The number of piperidine rings is 1. The minimum absolute atomic E-state index is 0.482. The van der Waals surface area contributed by atoms with Crippen LogP contribution in [0.4, 0.5) is 11.5 Å². The van der Waals surface area contributed by atoms with E-state index in [2.05, 4.69) is 16.8 Å². The number of hydrogen-bond acceptors (Lipinski definition) is 3. The molecule has 2 N–H and O–H groups in total. The van der Waals surface area contributed by atoms with Crippen molar-refractivity contribution in [2.45, 2.75) is 38.6 Å². The molecule has 1 saturated heterocycles. The molecule has 0 aromatic carbocycles. The van der Waals surface area contributed by atoms with Gasteiger partial charge < -0.3 is 10.6 Å². The second-order valence-electron chi connectivity index (χ2n) is 4.33. The predicted octanol–water partition coefficient (Wildman–Crippen LogP) is 3.09. The molecule has 4 heteroatoms. The van der Waals surface area contributed by atoms with Crippen LogP contribution in [0, 0.1) is 0 Å². The van der Waals surface area contributed by atoms with E-state index in [0.717, 1.165) is 18.8 Å². The van der Waals surface area contributed by atoms with Crippen LogP contribution in [0.2, 0.25) is 5.15 Å². The number of hydrogen-bond donors (Lipinski definition) is 1. The molecule has 1 aromatic heterocycles. The summed E-state index contributed by atoms with van der Waals surface area (Å²) in [6, 6.07) is 4.19. The van der Waals surface area contributed by atoms with E-state index in [1.807, 2.05) is 6.07 Å². The average Bonchev–Trinajstić information content (AvgIpc) is 2.27. The fourth-order valence-corrected chi connectivity index (χ4v) is 2.59. The first kappa shape index (κ1) is 11.5. The number of nitrogen functional groups attached to an aromatic ring is 1. The van der Waals surface area contributed by atoms with Crippen LogP contribution in [0.25, 0.3) is 0 Å². The van der Waals surface area contributed by atoms with Crippen molar-refractivity contribution >= 4 is 23.1 Å². The van der Waals surface area contributed by atoms with E-state index in [1.165, 1.54) is 19.3 Å². The standard InChI is InChI=1S/C12H18ClN3/c1-2-10-5-3-4-6-16(10)12-8-9(14)7-11(13)15-12/h7-8,10H,2-6H2,1H3,(H2,14,15). The number of rotatable bonds is 2. The van der Waals surface area contributed by atoms with Gasteiger partial charge in [-0.25, -0.2) is 4.98 Å². The maximum Gasteiger partial charge on any atom is 0.133 e. The molecule has 2 rings (SSSR count). The average molecular weight is 240 g/mol. The zero-order valence-corrected chi connectivity index (χ0v) is 10.4. The van der Waals surface area contributed by atoms with E-state index in [1.54, 1.807) is 6.07 Å². The molecule has 3 nitrogen and oxygen atoms in total. The Labute approximate surface area is 102 Å². The number of nitrogens with two attached hydrogens (primary N) is 1. The van der Waals surface area contributed by atoms with Gasteiger partial charge >= 0.3 is 0 Å². The molecule has 0 saturated carbocycles. The summed E-state index contributed by atoms with van der Waals surface area (Å²) in [5.41, 5.74) is 6.49. The zero-order chi connectivity index (χ0) is 11.5. The summed E-state index contributed by atoms with van der Waals surface area (Å²) >= 11 is 5.94. The summed E-state index contributed by atoms with van der Waals surface area (Å²) in [6.45, 7) is 3.28. The van der Waals surface area contributed by atoms with Crippen molar-refractivity contribution in [1.29, 1.82) is 0 Å². The molecule has 1 aliphatic rings. The van der Waals surface area contributed by atoms with E-state index in [-0.39, 0.29) is 0 Å². The van der Waals surface area contributed by atoms with Crippen LogP contribution in [0.1, 0.15) is 32.6 Å². The summed E-state index contributed by atoms with van der Waals surface area (Å²) in [5.74, 6) is 0.927. The minimum Gasteiger partial charge on any atom is -0.399 e. The molecule has 1 unspecified atom stereocenters. The zero-order valence-electron chi connectivity index (χ0n) is 9.62. The summed E-state index contributed by atoms with van der Waals surface area (Å²) in [4.78, 5) is 6.71. The van der Waals surface area contributed by atoms with Gasteiger partial charge in [0.2, 0.25) is 0 Å².